The van der Waals surface area contributed by atoms with Gasteiger partial charge in [-0.05, 0) is 41.1 Å². The molecule has 0 saturated heterocycles. The summed E-state index contributed by atoms with van der Waals surface area (Å²) in [6, 6.07) is 4.10. The minimum absolute atomic E-state index is 0.0898. The van der Waals surface area contributed by atoms with E-state index in [9.17, 15) is 0 Å². The highest BCUT2D eigenvalue weighted by molar-refractivity contribution is 14.1. The summed E-state index contributed by atoms with van der Waals surface area (Å²) in [7, 11) is 0. The molecule has 0 aliphatic rings. The van der Waals surface area contributed by atoms with E-state index in [1.165, 1.54) is 0 Å². The zero-order chi connectivity index (χ0) is 8.27. The van der Waals surface area contributed by atoms with Crippen LogP contribution in [0.1, 0.15) is 25.1 Å². The molecule has 2 N–H and O–H groups in total. The highest BCUT2D eigenvalue weighted by Gasteiger charge is 2.02. The van der Waals surface area contributed by atoms with Crippen molar-refractivity contribution >= 4 is 22.6 Å². The average Bonchev–Trinajstić information content (AvgIpc) is 2.05. The first kappa shape index (κ1) is 8.93. The molecule has 0 amide bonds. The molecule has 1 aromatic heterocycles. The lowest BCUT2D eigenvalue weighted by Gasteiger charge is -2.06. The van der Waals surface area contributed by atoms with Crippen LogP contribution in [0.2, 0.25) is 0 Å². The first-order valence-electron chi connectivity index (χ1n) is 3.61. The molecule has 60 valence electrons. The molecule has 0 bridgehead atoms. The molecule has 0 unspecified atom stereocenters. The number of rotatable bonds is 2. The van der Waals surface area contributed by atoms with Crippen LogP contribution in [0, 0.1) is 3.57 Å². The lowest BCUT2D eigenvalue weighted by molar-refractivity contribution is 0.675. The number of aromatic nitrogens is 1. The fourth-order valence-corrected chi connectivity index (χ4v) is 1.13. The van der Waals surface area contributed by atoms with Crippen LogP contribution in [0.15, 0.2) is 18.3 Å². The van der Waals surface area contributed by atoms with Crippen LogP contribution >= 0.6 is 22.6 Å². The molecule has 1 aromatic rings. The Bertz CT molecular complexity index is 220. The van der Waals surface area contributed by atoms with Gasteiger partial charge in [0.05, 0.1) is 5.69 Å². The molecule has 0 fully saturated rings. The van der Waals surface area contributed by atoms with E-state index in [-0.39, 0.29) is 6.04 Å². The molecule has 11 heavy (non-hydrogen) atoms. The zero-order valence-electron chi connectivity index (χ0n) is 6.42. The first-order chi connectivity index (χ1) is 5.24. The van der Waals surface area contributed by atoms with Crippen LogP contribution in [0.3, 0.4) is 0 Å². The van der Waals surface area contributed by atoms with Crippen molar-refractivity contribution in [3.05, 3.63) is 27.6 Å². The van der Waals surface area contributed by atoms with E-state index in [2.05, 4.69) is 34.5 Å². The van der Waals surface area contributed by atoms with E-state index in [4.69, 9.17) is 5.73 Å². The predicted octanol–water partition coefficient (Wildman–Crippen LogP) is 2.10. The van der Waals surface area contributed by atoms with Gasteiger partial charge in [0.2, 0.25) is 0 Å². The van der Waals surface area contributed by atoms with Gasteiger partial charge in [-0.15, -0.1) is 0 Å². The summed E-state index contributed by atoms with van der Waals surface area (Å²) in [5.41, 5.74) is 6.76. The summed E-state index contributed by atoms with van der Waals surface area (Å²) in [6.07, 6.45) is 2.78. The largest absolute Gasteiger partial charge is 0.323 e. The van der Waals surface area contributed by atoms with Gasteiger partial charge in [0.1, 0.15) is 0 Å². The maximum absolute atomic E-state index is 5.78. The molecular formula is C8H11IN2. The Morgan fingerprint density at radius 1 is 1.64 bits per heavy atom. The standard InChI is InChI=1S/C8H11IN2/c1-2-7(10)8-4-3-6(9)5-11-8/h3-5,7H,2,10H2,1H3/t7-/m0/s1. The van der Waals surface area contributed by atoms with Crippen molar-refractivity contribution in [3.8, 4) is 0 Å². The molecule has 1 heterocycles. The monoisotopic (exact) mass is 262 g/mol. The van der Waals surface area contributed by atoms with Crippen molar-refractivity contribution in [1.29, 1.82) is 0 Å². The number of nitrogens with zero attached hydrogens (tertiary/aromatic N) is 1. The van der Waals surface area contributed by atoms with Crippen LogP contribution in [0.25, 0.3) is 0 Å². The Labute approximate surface area is 80.3 Å². The Kier molecular flexibility index (Phi) is 3.26. The quantitative estimate of drug-likeness (QED) is 0.829. The summed E-state index contributed by atoms with van der Waals surface area (Å²) >= 11 is 2.23. The van der Waals surface area contributed by atoms with Crippen molar-refractivity contribution in [2.75, 3.05) is 0 Å². The van der Waals surface area contributed by atoms with E-state index in [1.807, 2.05) is 18.3 Å². The summed E-state index contributed by atoms with van der Waals surface area (Å²) in [6.45, 7) is 2.06. The van der Waals surface area contributed by atoms with Crippen molar-refractivity contribution in [3.63, 3.8) is 0 Å². The summed E-state index contributed by atoms with van der Waals surface area (Å²) in [4.78, 5) is 4.22. The fourth-order valence-electron chi connectivity index (χ4n) is 0.816. The number of pyridine rings is 1. The number of nitrogens with two attached hydrogens (primary N) is 1. The Balaban J connectivity index is 2.81. The molecule has 1 atom stereocenters. The maximum Gasteiger partial charge on any atom is 0.0571 e. The van der Waals surface area contributed by atoms with E-state index in [0.29, 0.717) is 0 Å². The minimum Gasteiger partial charge on any atom is -0.323 e. The smallest absolute Gasteiger partial charge is 0.0571 e. The van der Waals surface area contributed by atoms with Gasteiger partial charge < -0.3 is 5.73 Å². The van der Waals surface area contributed by atoms with Gasteiger partial charge in [0.15, 0.2) is 0 Å². The molecule has 3 heteroatoms. The summed E-state index contributed by atoms with van der Waals surface area (Å²) < 4.78 is 1.15. The normalized spacial score (nSPS) is 13.0. The van der Waals surface area contributed by atoms with E-state index in [1.54, 1.807) is 0 Å². The second-order valence-corrected chi connectivity index (χ2v) is 3.66. The third-order valence-electron chi connectivity index (χ3n) is 1.57. The maximum atomic E-state index is 5.78. The Morgan fingerprint density at radius 3 is 2.82 bits per heavy atom. The average molecular weight is 262 g/mol. The lowest BCUT2D eigenvalue weighted by atomic mass is 10.1. The van der Waals surface area contributed by atoms with E-state index >= 15 is 0 Å². The third-order valence-corrected chi connectivity index (χ3v) is 2.21. The molecule has 0 aromatic carbocycles. The van der Waals surface area contributed by atoms with Crippen molar-refractivity contribution in [2.45, 2.75) is 19.4 Å². The number of halogens is 1. The van der Waals surface area contributed by atoms with Crippen LogP contribution in [-0.4, -0.2) is 4.98 Å². The first-order valence-corrected chi connectivity index (χ1v) is 4.69. The molecule has 0 aliphatic carbocycles. The zero-order valence-corrected chi connectivity index (χ0v) is 8.58. The van der Waals surface area contributed by atoms with Gasteiger partial charge in [0.25, 0.3) is 0 Å². The van der Waals surface area contributed by atoms with Crippen LogP contribution in [0.5, 0.6) is 0 Å². The topological polar surface area (TPSA) is 38.9 Å². The van der Waals surface area contributed by atoms with E-state index in [0.717, 1.165) is 15.7 Å². The second-order valence-electron chi connectivity index (χ2n) is 2.42. The molecular weight excluding hydrogens is 251 g/mol. The van der Waals surface area contributed by atoms with Gasteiger partial charge in [-0.25, -0.2) is 0 Å². The molecule has 0 spiro atoms. The highest BCUT2D eigenvalue weighted by atomic mass is 127. The Morgan fingerprint density at radius 2 is 2.36 bits per heavy atom. The van der Waals surface area contributed by atoms with Gasteiger partial charge in [-0.3, -0.25) is 4.98 Å². The molecule has 0 aliphatic heterocycles. The fraction of sp³-hybridized carbons (Fsp3) is 0.375. The second kappa shape index (κ2) is 4.01. The SMILES string of the molecule is CC[C@H](N)c1ccc(I)cn1. The van der Waals surface area contributed by atoms with Crippen molar-refractivity contribution in [2.24, 2.45) is 5.73 Å². The van der Waals surface area contributed by atoms with Gasteiger partial charge >= 0.3 is 0 Å². The molecule has 1 rings (SSSR count). The molecule has 0 radical (unpaired) electrons. The van der Waals surface area contributed by atoms with Crippen molar-refractivity contribution < 1.29 is 0 Å². The van der Waals surface area contributed by atoms with Gasteiger partial charge in [-0.1, -0.05) is 6.92 Å². The van der Waals surface area contributed by atoms with Gasteiger partial charge in [0, 0.05) is 15.8 Å². The third kappa shape index (κ3) is 2.41. The Hall–Kier alpha value is -0.160. The molecule has 0 saturated carbocycles. The van der Waals surface area contributed by atoms with Crippen molar-refractivity contribution in [1.82, 2.24) is 4.98 Å². The highest BCUT2D eigenvalue weighted by Crippen LogP contribution is 2.11. The molecule has 2 nitrogen and oxygen atoms in total. The predicted molar refractivity (Wildman–Crippen MR) is 54.2 cm³/mol. The van der Waals surface area contributed by atoms with Gasteiger partial charge in [-0.2, -0.15) is 0 Å². The number of hydrogen-bond acceptors (Lipinski definition) is 2. The summed E-state index contributed by atoms with van der Waals surface area (Å²) in [5, 5.41) is 0. The van der Waals surface area contributed by atoms with E-state index < -0.39 is 0 Å². The summed E-state index contributed by atoms with van der Waals surface area (Å²) in [5.74, 6) is 0. The number of hydrogen-bond donors (Lipinski definition) is 1. The minimum atomic E-state index is 0.0898. The van der Waals surface area contributed by atoms with Crippen LogP contribution < -0.4 is 5.73 Å². The lowest BCUT2D eigenvalue weighted by Crippen LogP contribution is -2.10. The van der Waals surface area contributed by atoms with Crippen LogP contribution in [-0.2, 0) is 0 Å². The van der Waals surface area contributed by atoms with Crippen LogP contribution in [0.4, 0.5) is 0 Å².